The van der Waals surface area contributed by atoms with E-state index in [1.54, 1.807) is 36.4 Å². The zero-order valence-corrected chi connectivity index (χ0v) is 17.7. The lowest BCUT2D eigenvalue weighted by Gasteiger charge is -2.08. The van der Waals surface area contributed by atoms with E-state index in [2.05, 4.69) is 15.8 Å². The van der Waals surface area contributed by atoms with Crippen LogP contribution in [0.4, 0.5) is 5.69 Å². The smallest absolute Gasteiger partial charge is 0.287 e. The number of nitro groups is 1. The van der Waals surface area contributed by atoms with Gasteiger partial charge in [-0.2, -0.15) is 5.10 Å². The van der Waals surface area contributed by atoms with Crippen LogP contribution in [-0.2, 0) is 4.79 Å². The van der Waals surface area contributed by atoms with Gasteiger partial charge in [0.25, 0.3) is 17.5 Å². The van der Waals surface area contributed by atoms with Crippen molar-refractivity contribution in [3.05, 3.63) is 91.8 Å². The van der Waals surface area contributed by atoms with Crippen LogP contribution in [-0.4, -0.2) is 29.7 Å². The van der Waals surface area contributed by atoms with E-state index in [4.69, 9.17) is 9.47 Å². The standard InChI is InChI=1S/C22H16N4O6S/c27-21(14-5-2-1-3-6-14)24-17(10-16-7-4-8-33-16)22(28)25-23-12-15-9-19-20(32-13-31-19)11-18(15)26(29)30/h1-12H,13H2,(H,24,27)(H,25,28)/b17-10+,23-12+. The molecule has 0 saturated heterocycles. The molecule has 2 heterocycles. The first-order chi connectivity index (χ1) is 16.0. The number of fused-ring (bicyclic) bond motifs is 1. The van der Waals surface area contributed by atoms with E-state index in [0.29, 0.717) is 11.3 Å². The molecule has 0 fully saturated rings. The SMILES string of the molecule is O=C(N/N=C/c1cc2c(cc1[N+](=O)[O-])OCO2)/C(=C\c1cccs1)NC(=O)c1ccccc1. The van der Waals surface area contributed by atoms with Gasteiger partial charge in [0.05, 0.1) is 22.8 Å². The number of hydrazone groups is 1. The highest BCUT2D eigenvalue weighted by molar-refractivity contribution is 7.10. The summed E-state index contributed by atoms with van der Waals surface area (Å²) < 4.78 is 10.4. The Morgan fingerprint density at radius 2 is 1.85 bits per heavy atom. The Morgan fingerprint density at radius 1 is 1.09 bits per heavy atom. The van der Waals surface area contributed by atoms with E-state index in [0.717, 1.165) is 11.1 Å². The van der Waals surface area contributed by atoms with Crippen molar-refractivity contribution in [1.82, 2.24) is 10.7 Å². The molecule has 1 aliphatic rings. The first-order valence-corrected chi connectivity index (χ1v) is 10.4. The van der Waals surface area contributed by atoms with Crippen LogP contribution in [0.15, 0.2) is 70.8 Å². The molecule has 0 radical (unpaired) electrons. The van der Waals surface area contributed by atoms with Crippen LogP contribution in [0.25, 0.3) is 6.08 Å². The molecule has 4 rings (SSSR count). The number of amides is 2. The predicted molar refractivity (Wildman–Crippen MR) is 121 cm³/mol. The number of rotatable bonds is 7. The maximum absolute atomic E-state index is 12.8. The second-order valence-electron chi connectivity index (χ2n) is 6.61. The fraction of sp³-hybridized carbons (Fsp3) is 0.0455. The van der Waals surface area contributed by atoms with Crippen molar-refractivity contribution >= 4 is 41.1 Å². The van der Waals surface area contributed by atoms with Gasteiger partial charge in [-0.3, -0.25) is 19.7 Å². The highest BCUT2D eigenvalue weighted by Gasteiger charge is 2.22. The number of ether oxygens (including phenoxy) is 2. The Kier molecular flexibility index (Phi) is 6.41. The van der Waals surface area contributed by atoms with Crippen LogP contribution in [0.1, 0.15) is 20.8 Å². The molecule has 2 aromatic carbocycles. The summed E-state index contributed by atoms with van der Waals surface area (Å²) in [5.74, 6) is -0.578. The van der Waals surface area contributed by atoms with Crippen molar-refractivity contribution < 1.29 is 24.0 Å². The number of nitrogens with zero attached hydrogens (tertiary/aromatic N) is 2. The molecule has 166 valence electrons. The lowest BCUT2D eigenvalue weighted by molar-refractivity contribution is -0.385. The van der Waals surface area contributed by atoms with Gasteiger partial charge in [-0.1, -0.05) is 24.3 Å². The predicted octanol–water partition coefficient (Wildman–Crippen LogP) is 3.31. The van der Waals surface area contributed by atoms with Crippen LogP contribution in [0, 0.1) is 10.1 Å². The summed E-state index contributed by atoms with van der Waals surface area (Å²) in [6.45, 7) is -0.0399. The fourth-order valence-electron chi connectivity index (χ4n) is 2.89. The molecular weight excluding hydrogens is 448 g/mol. The number of carbonyl (C=O) groups is 2. The molecule has 0 bridgehead atoms. The highest BCUT2D eigenvalue weighted by Crippen LogP contribution is 2.37. The van der Waals surface area contributed by atoms with E-state index < -0.39 is 16.7 Å². The number of nitrogens with one attached hydrogen (secondary N) is 2. The molecule has 11 heteroatoms. The molecule has 0 spiro atoms. The normalized spacial score (nSPS) is 12.5. The Morgan fingerprint density at radius 3 is 2.55 bits per heavy atom. The molecule has 0 unspecified atom stereocenters. The van der Waals surface area contributed by atoms with E-state index in [1.165, 1.54) is 29.5 Å². The molecule has 0 aliphatic carbocycles. The van der Waals surface area contributed by atoms with E-state index in [1.807, 2.05) is 11.4 Å². The van der Waals surface area contributed by atoms with Crippen molar-refractivity contribution in [3.8, 4) is 11.5 Å². The number of carbonyl (C=O) groups excluding carboxylic acids is 2. The van der Waals surface area contributed by atoms with E-state index in [9.17, 15) is 19.7 Å². The second-order valence-corrected chi connectivity index (χ2v) is 7.59. The maximum atomic E-state index is 12.8. The summed E-state index contributed by atoms with van der Waals surface area (Å²) in [6, 6.07) is 14.6. The molecule has 1 aliphatic heterocycles. The Hall–Kier alpha value is -4.51. The maximum Gasteiger partial charge on any atom is 0.287 e. The Bertz CT molecular complexity index is 1260. The minimum atomic E-state index is -0.702. The number of nitro benzene ring substituents is 1. The van der Waals surface area contributed by atoms with Crippen molar-refractivity contribution in [3.63, 3.8) is 0 Å². The van der Waals surface area contributed by atoms with Crippen LogP contribution in [0.3, 0.4) is 0 Å². The van der Waals surface area contributed by atoms with Gasteiger partial charge < -0.3 is 14.8 Å². The molecule has 1 aromatic heterocycles. The van der Waals surface area contributed by atoms with Crippen molar-refractivity contribution in [2.75, 3.05) is 6.79 Å². The van der Waals surface area contributed by atoms with Gasteiger partial charge in [0.1, 0.15) is 5.70 Å². The molecule has 0 atom stereocenters. The largest absolute Gasteiger partial charge is 0.454 e. The molecule has 2 amide bonds. The van der Waals surface area contributed by atoms with Gasteiger partial charge >= 0.3 is 0 Å². The number of hydrogen-bond acceptors (Lipinski definition) is 8. The van der Waals surface area contributed by atoms with Crippen molar-refractivity contribution in [1.29, 1.82) is 0 Å². The average Bonchev–Trinajstić information content (AvgIpc) is 3.50. The first-order valence-electron chi connectivity index (χ1n) is 9.54. The quantitative estimate of drug-likeness (QED) is 0.239. The summed E-state index contributed by atoms with van der Waals surface area (Å²) in [4.78, 5) is 36.8. The zero-order chi connectivity index (χ0) is 23.2. The number of hydrogen-bond donors (Lipinski definition) is 2. The van der Waals surface area contributed by atoms with Crippen LogP contribution in [0.5, 0.6) is 11.5 Å². The average molecular weight is 464 g/mol. The zero-order valence-electron chi connectivity index (χ0n) is 16.9. The monoisotopic (exact) mass is 464 g/mol. The van der Waals surface area contributed by atoms with Gasteiger partial charge in [-0.05, 0) is 35.7 Å². The van der Waals surface area contributed by atoms with Gasteiger partial charge in [-0.15, -0.1) is 11.3 Å². The van der Waals surface area contributed by atoms with Gasteiger partial charge in [0.15, 0.2) is 11.5 Å². The summed E-state index contributed by atoms with van der Waals surface area (Å²) >= 11 is 1.38. The molecule has 33 heavy (non-hydrogen) atoms. The minimum Gasteiger partial charge on any atom is -0.454 e. The summed E-state index contributed by atoms with van der Waals surface area (Å²) in [5, 5.41) is 19.6. The highest BCUT2D eigenvalue weighted by atomic mass is 32.1. The minimum absolute atomic E-state index is 0.0383. The van der Waals surface area contributed by atoms with Gasteiger partial charge in [0.2, 0.25) is 6.79 Å². The van der Waals surface area contributed by atoms with Gasteiger partial charge in [0, 0.05) is 10.4 Å². The summed E-state index contributed by atoms with van der Waals surface area (Å²) in [6.07, 6.45) is 2.64. The molecule has 10 nitrogen and oxygen atoms in total. The van der Waals surface area contributed by atoms with E-state index >= 15 is 0 Å². The molecule has 3 aromatic rings. The van der Waals surface area contributed by atoms with Crippen LogP contribution < -0.4 is 20.2 Å². The van der Waals surface area contributed by atoms with Gasteiger partial charge in [-0.25, -0.2) is 5.43 Å². The van der Waals surface area contributed by atoms with E-state index in [-0.39, 0.29) is 29.5 Å². The van der Waals surface area contributed by atoms with Crippen molar-refractivity contribution in [2.24, 2.45) is 5.10 Å². The van der Waals surface area contributed by atoms with Crippen LogP contribution >= 0.6 is 11.3 Å². The first kappa shape index (κ1) is 21.7. The lowest BCUT2D eigenvalue weighted by Crippen LogP contribution is -2.32. The third kappa shape index (κ3) is 5.22. The number of benzene rings is 2. The summed E-state index contributed by atoms with van der Waals surface area (Å²) in [5.41, 5.74) is 2.48. The summed E-state index contributed by atoms with van der Waals surface area (Å²) in [7, 11) is 0. The topological polar surface area (TPSA) is 132 Å². The Labute approximate surface area is 191 Å². The van der Waals surface area contributed by atoms with Crippen LogP contribution in [0.2, 0.25) is 0 Å². The number of thiophene rings is 1. The molecule has 0 saturated carbocycles. The second kappa shape index (κ2) is 9.75. The fourth-order valence-corrected chi connectivity index (χ4v) is 3.54. The van der Waals surface area contributed by atoms with Crippen molar-refractivity contribution in [2.45, 2.75) is 0 Å². The third-order valence-corrected chi connectivity index (χ3v) is 5.27. The molecule has 2 N–H and O–H groups in total. The lowest BCUT2D eigenvalue weighted by atomic mass is 10.1. The third-order valence-electron chi connectivity index (χ3n) is 4.45. The molecular formula is C22H16N4O6S. The Balaban J connectivity index is 1.53.